The van der Waals surface area contributed by atoms with E-state index in [2.05, 4.69) is 31.2 Å². The number of nitrogens with one attached hydrogen (secondary N) is 2. The average molecular weight is 475 g/mol. The van der Waals surface area contributed by atoms with Gasteiger partial charge in [-0.25, -0.2) is 9.78 Å². The van der Waals surface area contributed by atoms with E-state index in [0.717, 1.165) is 40.8 Å². The number of aromatic nitrogens is 2. The van der Waals surface area contributed by atoms with Crippen molar-refractivity contribution in [3.8, 4) is 11.3 Å². The number of carbonyl (C=O) groups is 2. The number of piperidine rings is 1. The van der Waals surface area contributed by atoms with E-state index in [9.17, 15) is 9.59 Å². The molecule has 4 rings (SSSR count). The molecule has 1 aliphatic carbocycles. The number of aromatic amines is 1. The number of hydrogen-bond donors (Lipinski definition) is 2. The van der Waals surface area contributed by atoms with Gasteiger partial charge in [0.15, 0.2) is 0 Å². The van der Waals surface area contributed by atoms with Gasteiger partial charge in [-0.1, -0.05) is 41.9 Å². The molecule has 2 aliphatic rings. The number of nitrogens with zero attached hydrogens (tertiary/aromatic N) is 2. The normalized spacial score (nSPS) is 23.6. The van der Waals surface area contributed by atoms with Gasteiger partial charge in [0, 0.05) is 10.5 Å². The molecule has 0 radical (unpaired) electrons. The maximum Gasteiger partial charge on any atom is 0.407 e. The van der Waals surface area contributed by atoms with Gasteiger partial charge in [-0.3, -0.25) is 4.79 Å². The first-order valence-corrected chi connectivity index (χ1v) is 11.2. The summed E-state index contributed by atoms with van der Waals surface area (Å²) in [4.78, 5) is 35.4. The average Bonchev–Trinajstić information content (AvgIpc) is 3.47. The molecular weight excluding hydrogens is 448 g/mol. The lowest BCUT2D eigenvalue weighted by atomic mass is 9.95. The van der Waals surface area contributed by atoms with Crippen LogP contribution in [-0.4, -0.2) is 46.1 Å². The van der Waals surface area contributed by atoms with E-state index in [1.54, 1.807) is 0 Å². The Labute approximate surface area is 184 Å². The van der Waals surface area contributed by atoms with E-state index in [1.165, 1.54) is 7.11 Å². The van der Waals surface area contributed by atoms with Crippen molar-refractivity contribution in [3.63, 3.8) is 0 Å². The molecule has 30 heavy (non-hydrogen) atoms. The van der Waals surface area contributed by atoms with Crippen LogP contribution < -0.4 is 5.32 Å². The molecule has 2 bridgehead atoms. The zero-order valence-corrected chi connectivity index (χ0v) is 19.0. The summed E-state index contributed by atoms with van der Waals surface area (Å²) in [7, 11) is 1.31. The van der Waals surface area contributed by atoms with Crippen molar-refractivity contribution in [2.75, 3.05) is 7.11 Å². The fourth-order valence-electron chi connectivity index (χ4n) is 4.78. The number of likely N-dealkylation sites (tertiary alicyclic amines) is 1. The predicted molar refractivity (Wildman–Crippen MR) is 117 cm³/mol. The summed E-state index contributed by atoms with van der Waals surface area (Å²) in [6, 6.07) is 7.51. The molecule has 1 aliphatic heterocycles. The molecule has 2 fully saturated rings. The van der Waals surface area contributed by atoms with Crippen molar-refractivity contribution < 1.29 is 14.3 Å². The second kappa shape index (κ2) is 8.41. The highest BCUT2D eigenvalue weighted by atomic mass is 79.9. The Bertz CT molecular complexity index is 927. The molecule has 2 amide bonds. The molecule has 2 N–H and O–H groups in total. The fourth-order valence-corrected chi connectivity index (χ4v) is 5.04. The summed E-state index contributed by atoms with van der Waals surface area (Å²) in [6.07, 6.45) is 4.31. The molecule has 4 unspecified atom stereocenters. The Kier molecular flexibility index (Phi) is 5.86. The molecule has 7 nitrogen and oxygen atoms in total. The Balaban J connectivity index is 1.61. The first-order valence-electron chi connectivity index (χ1n) is 10.4. The molecule has 4 atom stereocenters. The van der Waals surface area contributed by atoms with Crippen LogP contribution in [0.2, 0.25) is 0 Å². The van der Waals surface area contributed by atoms with Crippen molar-refractivity contribution in [2.45, 2.75) is 51.2 Å². The number of carbonyl (C=O) groups excluding carboxylic acids is 2. The highest BCUT2D eigenvalue weighted by Gasteiger charge is 2.51. The van der Waals surface area contributed by atoms with Gasteiger partial charge in [-0.05, 0) is 48.8 Å². The van der Waals surface area contributed by atoms with Crippen LogP contribution in [0.5, 0.6) is 0 Å². The van der Waals surface area contributed by atoms with Gasteiger partial charge >= 0.3 is 6.09 Å². The van der Waals surface area contributed by atoms with Gasteiger partial charge in [-0.15, -0.1) is 0 Å². The van der Waals surface area contributed by atoms with Gasteiger partial charge in [-0.2, -0.15) is 0 Å². The van der Waals surface area contributed by atoms with Crippen molar-refractivity contribution >= 4 is 27.9 Å². The molecule has 160 valence electrons. The van der Waals surface area contributed by atoms with Crippen molar-refractivity contribution in [2.24, 2.45) is 11.8 Å². The SMILES string of the molecule is COC(=O)NC(C(=O)N1C2CCC(C2)C1c1ncc(-c2ccc(Br)cc2)[nH]1)C(C)C. The van der Waals surface area contributed by atoms with Gasteiger partial charge in [0.1, 0.15) is 11.9 Å². The minimum Gasteiger partial charge on any atom is -0.453 e. The Morgan fingerprint density at radius 3 is 2.67 bits per heavy atom. The van der Waals surface area contributed by atoms with E-state index in [4.69, 9.17) is 4.74 Å². The summed E-state index contributed by atoms with van der Waals surface area (Å²) in [5, 5.41) is 2.72. The number of hydrogen-bond acceptors (Lipinski definition) is 4. The molecular formula is C22H27BrN4O3. The first kappa shape index (κ1) is 20.9. The molecule has 8 heteroatoms. The molecule has 1 saturated heterocycles. The van der Waals surface area contributed by atoms with E-state index in [-0.39, 0.29) is 23.9 Å². The maximum atomic E-state index is 13.5. The molecule has 2 aromatic rings. The van der Waals surface area contributed by atoms with E-state index >= 15 is 0 Å². The smallest absolute Gasteiger partial charge is 0.407 e. The van der Waals surface area contributed by atoms with Crippen molar-refractivity contribution in [1.29, 1.82) is 0 Å². The van der Waals surface area contributed by atoms with Crippen LogP contribution in [0.15, 0.2) is 34.9 Å². The third-order valence-corrected chi connectivity index (χ3v) is 6.79. The van der Waals surface area contributed by atoms with Crippen molar-refractivity contribution in [1.82, 2.24) is 20.2 Å². The highest BCUT2D eigenvalue weighted by molar-refractivity contribution is 9.10. The maximum absolute atomic E-state index is 13.5. The summed E-state index contributed by atoms with van der Waals surface area (Å²) in [6.45, 7) is 3.86. The number of ether oxygens (including phenoxy) is 1. The van der Waals surface area contributed by atoms with Crippen molar-refractivity contribution in [3.05, 3.63) is 40.8 Å². The van der Waals surface area contributed by atoms with Crippen LogP contribution >= 0.6 is 15.9 Å². The van der Waals surface area contributed by atoms with E-state index < -0.39 is 12.1 Å². The van der Waals surface area contributed by atoms with Crippen LogP contribution in [0.3, 0.4) is 0 Å². The molecule has 1 aromatic carbocycles. The number of alkyl carbamates (subject to hydrolysis) is 1. The number of benzene rings is 1. The zero-order valence-electron chi connectivity index (χ0n) is 17.4. The summed E-state index contributed by atoms with van der Waals surface area (Å²) in [5.74, 6) is 1.09. The second-order valence-corrected chi connectivity index (χ2v) is 9.38. The number of H-pyrrole nitrogens is 1. The summed E-state index contributed by atoms with van der Waals surface area (Å²) in [5.41, 5.74) is 1.98. The van der Waals surface area contributed by atoms with Gasteiger partial charge in [0.2, 0.25) is 5.91 Å². The number of amides is 2. The molecule has 0 spiro atoms. The minimum absolute atomic E-state index is 0.0497. The standard InChI is InChI=1S/C22H27BrN4O3/c1-12(2)18(26-22(29)30-3)21(28)27-16-9-6-14(10-16)19(27)20-24-11-17(25-20)13-4-7-15(23)8-5-13/h4-5,7-8,11-12,14,16,18-19H,6,9-10H2,1-3H3,(H,24,25)(H,26,29). The lowest BCUT2D eigenvalue weighted by Crippen LogP contribution is -2.54. The van der Waals surface area contributed by atoms with E-state index in [1.807, 2.05) is 49.2 Å². The molecule has 2 heterocycles. The predicted octanol–water partition coefficient (Wildman–Crippen LogP) is 4.27. The fraction of sp³-hybridized carbons (Fsp3) is 0.500. The Morgan fingerprint density at radius 2 is 2.00 bits per heavy atom. The Hall–Kier alpha value is -2.35. The van der Waals surface area contributed by atoms with Crippen LogP contribution in [0.4, 0.5) is 4.79 Å². The molecule has 1 aromatic heterocycles. The van der Waals surface area contributed by atoms with Gasteiger partial charge in [0.25, 0.3) is 0 Å². The van der Waals surface area contributed by atoms with Crippen LogP contribution in [0.25, 0.3) is 11.3 Å². The monoisotopic (exact) mass is 474 g/mol. The highest BCUT2D eigenvalue weighted by Crippen LogP contribution is 2.50. The summed E-state index contributed by atoms with van der Waals surface area (Å²) < 4.78 is 5.76. The number of imidazole rings is 1. The lowest BCUT2D eigenvalue weighted by molar-refractivity contribution is -0.139. The van der Waals surface area contributed by atoms with Crippen LogP contribution in [0.1, 0.15) is 45.0 Å². The van der Waals surface area contributed by atoms with Gasteiger partial charge in [0.05, 0.1) is 25.0 Å². The number of fused-ring (bicyclic) bond motifs is 2. The Morgan fingerprint density at radius 1 is 1.27 bits per heavy atom. The number of halogens is 1. The third-order valence-electron chi connectivity index (χ3n) is 6.26. The van der Waals surface area contributed by atoms with E-state index in [0.29, 0.717) is 5.92 Å². The lowest BCUT2D eigenvalue weighted by Gasteiger charge is -2.37. The zero-order chi connectivity index (χ0) is 21.4. The van der Waals surface area contributed by atoms with Gasteiger partial charge < -0.3 is 19.9 Å². The van der Waals surface area contributed by atoms with Crippen LogP contribution in [0, 0.1) is 11.8 Å². The summed E-state index contributed by atoms with van der Waals surface area (Å²) >= 11 is 3.46. The molecule has 1 saturated carbocycles. The quantitative estimate of drug-likeness (QED) is 0.676. The number of methoxy groups -OCH3 is 1. The number of rotatable bonds is 5. The largest absolute Gasteiger partial charge is 0.453 e. The van der Waals surface area contributed by atoms with Crippen LogP contribution in [-0.2, 0) is 9.53 Å². The third kappa shape index (κ3) is 3.85. The second-order valence-electron chi connectivity index (χ2n) is 8.46. The first-order chi connectivity index (χ1) is 14.4. The minimum atomic E-state index is -0.625. The topological polar surface area (TPSA) is 87.3 Å².